The Balaban J connectivity index is 1.86. The number of esters is 1. The largest absolute Gasteiger partial charge is 0.497 e. The van der Waals surface area contributed by atoms with E-state index in [0.717, 1.165) is 0 Å². The van der Waals surface area contributed by atoms with Crippen LogP contribution in [-0.4, -0.2) is 45.2 Å². The van der Waals surface area contributed by atoms with Crippen LogP contribution in [0.25, 0.3) is 0 Å². The second-order valence-electron chi connectivity index (χ2n) is 5.42. The first-order chi connectivity index (χ1) is 13.4. The Labute approximate surface area is 161 Å². The fraction of sp³-hybridized carbons (Fsp3) is 0.211. The topological polar surface area (TPSA) is 126 Å². The number of para-hydroxylation sites is 1. The molecule has 28 heavy (non-hydrogen) atoms. The molecule has 3 N–H and O–H groups in total. The smallest absolute Gasteiger partial charge is 0.344 e. The molecule has 2 aromatic carbocycles. The molecule has 2 aromatic rings. The van der Waals surface area contributed by atoms with Gasteiger partial charge in [0.15, 0.2) is 13.2 Å². The van der Waals surface area contributed by atoms with Crippen molar-refractivity contribution in [2.45, 2.75) is 0 Å². The molecule has 0 aliphatic rings. The zero-order valence-corrected chi connectivity index (χ0v) is 15.4. The maximum absolute atomic E-state index is 12.0. The lowest BCUT2D eigenvalue weighted by molar-refractivity contribution is -0.149. The van der Waals surface area contributed by atoms with Gasteiger partial charge in [0, 0.05) is 6.07 Å². The van der Waals surface area contributed by atoms with Gasteiger partial charge in [-0.3, -0.25) is 9.59 Å². The lowest BCUT2D eigenvalue weighted by atomic mass is 10.2. The van der Waals surface area contributed by atoms with Crippen molar-refractivity contribution in [1.29, 1.82) is 0 Å². The van der Waals surface area contributed by atoms with Crippen LogP contribution in [-0.2, 0) is 14.3 Å². The summed E-state index contributed by atoms with van der Waals surface area (Å²) >= 11 is 0. The molecule has 0 radical (unpaired) electrons. The number of ether oxygens (including phenoxy) is 4. The van der Waals surface area contributed by atoms with Gasteiger partial charge >= 0.3 is 5.97 Å². The van der Waals surface area contributed by atoms with Crippen molar-refractivity contribution < 1.29 is 33.3 Å². The number of carbonyl (C=O) groups excluding carboxylic acids is 3. The molecule has 2 rings (SSSR count). The molecular weight excluding hydrogens is 368 g/mol. The highest BCUT2D eigenvalue weighted by Gasteiger charge is 2.14. The van der Waals surface area contributed by atoms with Crippen molar-refractivity contribution >= 4 is 23.5 Å². The van der Waals surface area contributed by atoms with Crippen molar-refractivity contribution in [3.63, 3.8) is 0 Å². The van der Waals surface area contributed by atoms with Crippen LogP contribution in [0.1, 0.15) is 10.4 Å². The predicted octanol–water partition coefficient (Wildman–Crippen LogP) is 1.36. The van der Waals surface area contributed by atoms with Gasteiger partial charge in [0.05, 0.1) is 25.5 Å². The third-order valence-corrected chi connectivity index (χ3v) is 3.54. The molecule has 9 nitrogen and oxygen atoms in total. The number of benzene rings is 2. The van der Waals surface area contributed by atoms with Crippen LogP contribution in [0.4, 0.5) is 5.69 Å². The van der Waals surface area contributed by atoms with Gasteiger partial charge in [-0.2, -0.15) is 0 Å². The van der Waals surface area contributed by atoms with E-state index in [2.05, 4.69) is 5.32 Å². The molecule has 0 unspecified atom stereocenters. The highest BCUT2D eigenvalue weighted by Crippen LogP contribution is 2.28. The molecule has 0 atom stereocenters. The summed E-state index contributed by atoms with van der Waals surface area (Å²) in [5.41, 5.74) is 5.74. The van der Waals surface area contributed by atoms with E-state index in [9.17, 15) is 14.4 Å². The monoisotopic (exact) mass is 388 g/mol. The van der Waals surface area contributed by atoms with Gasteiger partial charge in [0.2, 0.25) is 0 Å². The van der Waals surface area contributed by atoms with Gasteiger partial charge in [0.1, 0.15) is 17.2 Å². The van der Waals surface area contributed by atoms with E-state index in [1.807, 2.05) is 0 Å². The summed E-state index contributed by atoms with van der Waals surface area (Å²) in [5, 5.41) is 2.57. The van der Waals surface area contributed by atoms with Crippen molar-refractivity contribution in [3.05, 3.63) is 48.0 Å². The molecule has 0 saturated heterocycles. The third-order valence-electron chi connectivity index (χ3n) is 3.54. The van der Waals surface area contributed by atoms with Crippen LogP contribution in [0.2, 0.25) is 0 Å². The summed E-state index contributed by atoms with van der Waals surface area (Å²) < 4.78 is 20.3. The summed E-state index contributed by atoms with van der Waals surface area (Å²) in [5.74, 6) is -0.945. The Hall–Kier alpha value is -3.75. The molecule has 2 amide bonds. The molecular formula is C19H20N2O7. The first-order valence-electron chi connectivity index (χ1n) is 8.13. The molecule has 9 heteroatoms. The van der Waals surface area contributed by atoms with Crippen LogP contribution in [0.5, 0.6) is 17.2 Å². The van der Waals surface area contributed by atoms with Gasteiger partial charge in [-0.1, -0.05) is 12.1 Å². The van der Waals surface area contributed by atoms with Crippen LogP contribution in [0.15, 0.2) is 42.5 Å². The molecule has 0 bridgehead atoms. The molecule has 0 aliphatic carbocycles. The van der Waals surface area contributed by atoms with Gasteiger partial charge in [0.25, 0.3) is 11.8 Å². The lowest BCUT2D eigenvalue weighted by Crippen LogP contribution is -2.24. The van der Waals surface area contributed by atoms with Crippen LogP contribution >= 0.6 is 0 Å². The first kappa shape index (κ1) is 20.6. The number of nitrogens with two attached hydrogens (primary N) is 1. The van der Waals surface area contributed by atoms with Crippen LogP contribution < -0.4 is 25.3 Å². The number of methoxy groups -OCH3 is 2. The minimum absolute atomic E-state index is 0.137. The highest BCUT2D eigenvalue weighted by molar-refractivity contribution is 5.96. The zero-order chi connectivity index (χ0) is 20.5. The quantitative estimate of drug-likeness (QED) is 0.621. The van der Waals surface area contributed by atoms with E-state index in [-0.39, 0.29) is 11.3 Å². The number of anilines is 1. The normalized spacial score (nSPS) is 9.93. The Bertz CT molecular complexity index is 867. The van der Waals surface area contributed by atoms with Gasteiger partial charge in [-0.05, 0) is 24.3 Å². The Morgan fingerprint density at radius 2 is 1.71 bits per heavy atom. The minimum Gasteiger partial charge on any atom is -0.497 e. The van der Waals surface area contributed by atoms with Crippen molar-refractivity contribution in [1.82, 2.24) is 0 Å². The van der Waals surface area contributed by atoms with Crippen LogP contribution in [0, 0.1) is 0 Å². The van der Waals surface area contributed by atoms with E-state index in [1.54, 1.807) is 30.3 Å². The number of carbonyl (C=O) groups is 3. The standard InChI is InChI=1S/C19H20N2O7/c1-25-12-7-8-16(26-2)14(9-12)21-17(22)10-28-18(23)11-27-15-6-4-3-5-13(15)19(20)24/h3-9H,10-11H2,1-2H3,(H2,20,24)(H,21,22). The fourth-order valence-electron chi connectivity index (χ4n) is 2.22. The molecule has 0 spiro atoms. The number of primary amides is 1. The maximum atomic E-state index is 12.0. The van der Waals surface area contributed by atoms with Crippen molar-refractivity contribution in [2.75, 3.05) is 32.8 Å². The summed E-state index contributed by atoms with van der Waals surface area (Å²) in [7, 11) is 2.95. The van der Waals surface area contributed by atoms with Gasteiger partial charge in [-0.15, -0.1) is 0 Å². The second-order valence-corrected chi connectivity index (χ2v) is 5.42. The average Bonchev–Trinajstić information content (AvgIpc) is 2.70. The van der Waals surface area contributed by atoms with Gasteiger partial charge in [-0.25, -0.2) is 4.79 Å². The number of hydrogen-bond acceptors (Lipinski definition) is 7. The Morgan fingerprint density at radius 1 is 0.964 bits per heavy atom. The molecule has 0 saturated carbocycles. The molecule has 148 valence electrons. The second kappa shape index (κ2) is 9.81. The molecule has 0 heterocycles. The molecule has 0 aliphatic heterocycles. The van der Waals surface area contributed by atoms with Crippen LogP contribution in [0.3, 0.4) is 0 Å². The maximum Gasteiger partial charge on any atom is 0.344 e. The predicted molar refractivity (Wildman–Crippen MR) is 99.6 cm³/mol. The van der Waals surface area contributed by atoms with E-state index < -0.39 is 31.0 Å². The Morgan fingerprint density at radius 3 is 2.39 bits per heavy atom. The summed E-state index contributed by atoms with van der Waals surface area (Å²) in [6.45, 7) is -1.01. The van der Waals surface area contributed by atoms with E-state index in [0.29, 0.717) is 17.2 Å². The van der Waals surface area contributed by atoms with Crippen molar-refractivity contribution in [3.8, 4) is 17.2 Å². The van der Waals surface area contributed by atoms with E-state index in [4.69, 9.17) is 24.7 Å². The average molecular weight is 388 g/mol. The number of nitrogens with one attached hydrogen (secondary N) is 1. The van der Waals surface area contributed by atoms with Gasteiger partial charge < -0.3 is 30.0 Å². The fourth-order valence-corrected chi connectivity index (χ4v) is 2.22. The third kappa shape index (κ3) is 5.63. The first-order valence-corrected chi connectivity index (χ1v) is 8.13. The zero-order valence-electron chi connectivity index (χ0n) is 15.4. The molecule has 0 fully saturated rings. The summed E-state index contributed by atoms with van der Waals surface area (Å²) in [4.78, 5) is 35.1. The Kier molecular flexibility index (Phi) is 7.21. The van der Waals surface area contributed by atoms with E-state index in [1.165, 1.54) is 26.4 Å². The summed E-state index contributed by atoms with van der Waals surface area (Å²) in [6.07, 6.45) is 0. The summed E-state index contributed by atoms with van der Waals surface area (Å²) in [6, 6.07) is 11.1. The molecule has 0 aromatic heterocycles. The number of amides is 2. The number of rotatable bonds is 9. The van der Waals surface area contributed by atoms with Crippen molar-refractivity contribution in [2.24, 2.45) is 5.73 Å². The lowest BCUT2D eigenvalue weighted by Gasteiger charge is -2.12. The SMILES string of the molecule is COc1ccc(OC)c(NC(=O)COC(=O)COc2ccccc2C(N)=O)c1. The number of hydrogen-bond donors (Lipinski definition) is 2. The highest BCUT2D eigenvalue weighted by atomic mass is 16.6. The minimum atomic E-state index is -0.785. The van der Waals surface area contributed by atoms with E-state index >= 15 is 0 Å².